The number of carboxylic acids is 1. The highest BCUT2D eigenvalue weighted by Crippen LogP contribution is 2.15. The van der Waals surface area contributed by atoms with Crippen LogP contribution in [-0.2, 0) is 51.2 Å². The van der Waals surface area contributed by atoms with Gasteiger partial charge in [-0.3, -0.25) is 38.6 Å². The summed E-state index contributed by atoms with van der Waals surface area (Å²) < 4.78 is 0. The summed E-state index contributed by atoms with van der Waals surface area (Å²) in [4.78, 5) is 108. The topological polar surface area (TPSA) is 386 Å². The molecule has 6 atom stereocenters. The molecule has 17 N–H and O–H groups in total. The van der Waals surface area contributed by atoms with E-state index in [0.717, 1.165) is 0 Å². The second-order valence-electron chi connectivity index (χ2n) is 16.5. The van der Waals surface area contributed by atoms with Gasteiger partial charge in [-0.2, -0.15) is 0 Å². The van der Waals surface area contributed by atoms with Crippen molar-refractivity contribution in [2.24, 2.45) is 39.8 Å². The predicted octanol–water partition coefficient (Wildman–Crippen LogP) is -1.75. The number of phenols is 2. The molecule has 0 saturated carbocycles. The van der Waals surface area contributed by atoms with Gasteiger partial charge in [-0.05, 0) is 79.3 Å². The van der Waals surface area contributed by atoms with Gasteiger partial charge >= 0.3 is 5.97 Å². The monoisotopic (exact) mass is 911 g/mol. The average molecular weight is 912 g/mol. The van der Waals surface area contributed by atoms with Gasteiger partial charge in [0, 0.05) is 25.8 Å². The summed E-state index contributed by atoms with van der Waals surface area (Å²) >= 11 is 0. The first-order valence-corrected chi connectivity index (χ1v) is 21.2. The van der Waals surface area contributed by atoms with Crippen LogP contribution in [-0.4, -0.2) is 118 Å². The molecule has 0 aliphatic heterocycles. The van der Waals surface area contributed by atoms with Gasteiger partial charge in [0.25, 0.3) is 0 Å². The molecule has 0 heterocycles. The second-order valence-corrected chi connectivity index (χ2v) is 16.5. The molecule has 0 aromatic heterocycles. The van der Waals surface area contributed by atoms with Crippen LogP contribution in [0.3, 0.4) is 0 Å². The standard InChI is InChI=1S/C43H65N11O11/c1-23(2)18-31(53-41(63)34(21-26-9-13-28(56)14-10-26)52-37(59)29(44)6-5-17-48-43(46)47)38(60)49-22-36(58)50-33(20-25-7-11-27(55)12-8-25)40(62)54-32(19-24(3)4)39(61)51-30(42(64)65)15-16-35(45)57/h7-14,23-24,29-34,55-56H,5-6,15-22,44H2,1-4H3,(H2,45,57)(H,49,60)(H,50,58)(H,51,61)(H,52,59)(H,53,63)(H,54,62)(H,64,65)(H4,46,47,48)/t29-,30-,31-,32-,33-,34-/m0/s1. The van der Waals surface area contributed by atoms with Gasteiger partial charge < -0.3 is 70.2 Å². The molecule has 22 heteroatoms. The normalized spacial score (nSPS) is 13.8. The molecule has 65 heavy (non-hydrogen) atoms. The van der Waals surface area contributed by atoms with Gasteiger partial charge in [0.2, 0.25) is 41.4 Å². The average Bonchev–Trinajstić information content (AvgIpc) is 3.22. The molecule has 7 amide bonds. The van der Waals surface area contributed by atoms with E-state index in [0.29, 0.717) is 17.5 Å². The number of amides is 7. The minimum atomic E-state index is -1.48. The first-order chi connectivity index (χ1) is 30.5. The maximum absolute atomic E-state index is 13.9. The van der Waals surface area contributed by atoms with E-state index >= 15 is 0 Å². The summed E-state index contributed by atoms with van der Waals surface area (Å²) in [6.45, 7) is 6.71. The second kappa shape index (κ2) is 27.3. The quantitative estimate of drug-likeness (QED) is 0.0256. The molecule has 2 aromatic carbocycles. The third kappa shape index (κ3) is 21.3. The van der Waals surface area contributed by atoms with E-state index in [1.54, 1.807) is 39.8 Å². The van der Waals surface area contributed by atoms with Crippen LogP contribution in [0.5, 0.6) is 11.5 Å². The van der Waals surface area contributed by atoms with Crippen molar-refractivity contribution in [3.8, 4) is 11.5 Å². The van der Waals surface area contributed by atoms with E-state index in [-0.39, 0.29) is 80.8 Å². The van der Waals surface area contributed by atoms with E-state index in [2.05, 4.69) is 36.9 Å². The number of carboxylic acid groups (broad SMARTS) is 1. The summed E-state index contributed by atoms with van der Waals surface area (Å²) in [6.07, 6.45) is -0.0604. The lowest BCUT2D eigenvalue weighted by Crippen LogP contribution is -2.58. The number of guanidine groups is 1. The van der Waals surface area contributed by atoms with Gasteiger partial charge in [0.1, 0.15) is 41.7 Å². The van der Waals surface area contributed by atoms with Crippen LogP contribution in [0.2, 0.25) is 0 Å². The molecular formula is C43H65N11O11. The lowest BCUT2D eigenvalue weighted by atomic mass is 10.00. The van der Waals surface area contributed by atoms with Gasteiger partial charge in [0.15, 0.2) is 5.96 Å². The molecule has 0 unspecified atom stereocenters. The van der Waals surface area contributed by atoms with E-state index in [1.807, 2.05) is 0 Å². The Labute approximate surface area is 377 Å². The molecule has 2 aromatic rings. The number of aliphatic carboxylic acids is 1. The number of primary amides is 1. The van der Waals surface area contributed by atoms with E-state index < -0.39 is 90.1 Å². The number of phenolic OH excluding ortho intramolecular Hbond substituents is 2. The maximum atomic E-state index is 13.9. The van der Waals surface area contributed by atoms with Crippen LogP contribution in [0.25, 0.3) is 0 Å². The van der Waals surface area contributed by atoms with Crippen LogP contribution in [0.1, 0.15) is 77.3 Å². The van der Waals surface area contributed by atoms with Crippen molar-refractivity contribution in [1.29, 1.82) is 0 Å². The summed E-state index contributed by atoms with van der Waals surface area (Å²) in [5.74, 6) is -7.37. The van der Waals surface area contributed by atoms with Crippen LogP contribution in [0.4, 0.5) is 0 Å². The van der Waals surface area contributed by atoms with Crippen LogP contribution in [0, 0.1) is 11.8 Å². The minimum Gasteiger partial charge on any atom is -0.508 e. The number of aliphatic imine (C=N–C) groups is 1. The number of nitrogens with zero attached hydrogens (tertiary/aromatic N) is 1. The minimum absolute atomic E-state index is 0.0184. The Bertz CT molecular complexity index is 1960. The molecule has 2 rings (SSSR count). The smallest absolute Gasteiger partial charge is 0.326 e. The third-order valence-corrected chi connectivity index (χ3v) is 9.74. The lowest BCUT2D eigenvalue weighted by molar-refractivity contribution is -0.142. The number of hydrogen-bond donors (Lipinski definition) is 13. The Balaban J connectivity index is 2.28. The molecule has 0 aliphatic carbocycles. The number of nitrogens with two attached hydrogens (primary N) is 4. The number of nitrogens with one attached hydrogen (secondary N) is 6. The molecule has 0 bridgehead atoms. The van der Waals surface area contributed by atoms with E-state index in [4.69, 9.17) is 22.9 Å². The first kappa shape index (κ1) is 54.2. The number of benzene rings is 2. The maximum Gasteiger partial charge on any atom is 0.326 e. The summed E-state index contributed by atoms with van der Waals surface area (Å²) in [5, 5.41) is 44.5. The van der Waals surface area contributed by atoms with Crippen molar-refractivity contribution in [2.45, 2.75) is 115 Å². The highest BCUT2D eigenvalue weighted by molar-refractivity contribution is 5.96. The lowest BCUT2D eigenvalue weighted by Gasteiger charge is -2.26. The molecule has 22 nitrogen and oxygen atoms in total. The zero-order chi connectivity index (χ0) is 48.8. The fourth-order valence-corrected chi connectivity index (χ4v) is 6.39. The van der Waals surface area contributed by atoms with Crippen LogP contribution in [0.15, 0.2) is 53.5 Å². The van der Waals surface area contributed by atoms with Gasteiger partial charge in [-0.25, -0.2) is 4.79 Å². The van der Waals surface area contributed by atoms with E-state index in [9.17, 15) is 53.7 Å². The van der Waals surface area contributed by atoms with Crippen LogP contribution >= 0.6 is 0 Å². The summed E-state index contributed by atoms with van der Waals surface area (Å²) in [6, 6.07) is 4.13. The Morgan fingerprint density at radius 1 is 0.585 bits per heavy atom. The molecule has 0 spiro atoms. The Morgan fingerprint density at radius 3 is 1.46 bits per heavy atom. The van der Waals surface area contributed by atoms with Crippen molar-refractivity contribution >= 4 is 53.3 Å². The Hall–Kier alpha value is -6.97. The highest BCUT2D eigenvalue weighted by atomic mass is 16.4. The number of aromatic hydroxyl groups is 2. The predicted molar refractivity (Wildman–Crippen MR) is 239 cm³/mol. The van der Waals surface area contributed by atoms with Crippen molar-refractivity contribution in [3.05, 3.63) is 59.7 Å². The fraction of sp³-hybridized carbons (Fsp3) is 0.512. The fourth-order valence-electron chi connectivity index (χ4n) is 6.39. The molecule has 0 aliphatic rings. The SMILES string of the molecule is CC(C)C[C@H](NC(=O)[C@H](Cc1ccc(O)cc1)NC(=O)[C@@H](N)CCCN=C(N)N)C(=O)NCC(=O)N[C@@H](Cc1ccc(O)cc1)C(=O)N[C@@H](CC(C)C)C(=O)N[C@@H](CCC(N)=O)C(=O)O. The molecule has 0 radical (unpaired) electrons. The third-order valence-electron chi connectivity index (χ3n) is 9.74. The van der Waals surface area contributed by atoms with Crippen molar-refractivity contribution in [3.63, 3.8) is 0 Å². The number of hydrogen-bond acceptors (Lipinski definition) is 12. The van der Waals surface area contributed by atoms with Gasteiger partial charge in [-0.15, -0.1) is 0 Å². The zero-order valence-corrected chi connectivity index (χ0v) is 37.2. The number of carbonyl (C=O) groups excluding carboxylic acids is 7. The van der Waals surface area contributed by atoms with Gasteiger partial charge in [0.05, 0.1) is 12.6 Å². The van der Waals surface area contributed by atoms with Crippen molar-refractivity contribution in [2.75, 3.05) is 13.1 Å². The van der Waals surface area contributed by atoms with E-state index in [1.165, 1.54) is 36.4 Å². The van der Waals surface area contributed by atoms with Crippen molar-refractivity contribution in [1.82, 2.24) is 31.9 Å². The molecule has 0 fully saturated rings. The Kier molecular flexibility index (Phi) is 22.7. The number of carbonyl (C=O) groups is 8. The summed E-state index contributed by atoms with van der Waals surface area (Å²) in [5.41, 5.74) is 23.0. The molecule has 358 valence electrons. The largest absolute Gasteiger partial charge is 0.508 e. The van der Waals surface area contributed by atoms with Crippen molar-refractivity contribution < 1.29 is 53.7 Å². The van der Waals surface area contributed by atoms with Crippen LogP contribution < -0.4 is 54.8 Å². The zero-order valence-electron chi connectivity index (χ0n) is 37.2. The molecule has 0 saturated heterocycles. The number of rotatable bonds is 28. The van der Waals surface area contributed by atoms with Gasteiger partial charge in [-0.1, -0.05) is 52.0 Å². The summed E-state index contributed by atoms with van der Waals surface area (Å²) in [7, 11) is 0. The Morgan fingerprint density at radius 2 is 1.02 bits per heavy atom. The highest BCUT2D eigenvalue weighted by Gasteiger charge is 2.32. The molecular weight excluding hydrogens is 847 g/mol. The first-order valence-electron chi connectivity index (χ1n) is 21.2.